The van der Waals surface area contributed by atoms with Gasteiger partial charge in [-0.2, -0.15) is 0 Å². The first-order valence-electron chi connectivity index (χ1n) is 7.32. The molecule has 0 N–H and O–H groups in total. The van der Waals surface area contributed by atoms with E-state index in [1.165, 1.54) is 5.56 Å². The van der Waals surface area contributed by atoms with Crippen molar-refractivity contribution in [1.82, 2.24) is 4.90 Å². The maximum absolute atomic E-state index is 10.7. The standard InChI is InChI=1S/C16H24N2O2/c1-16(2,3)12-17-10-8-14(9-11-17)13-4-6-15(7-5-13)18(19)20/h4-7,14H,8-12H2,1-3H3. The molecule has 1 aliphatic heterocycles. The molecule has 0 bridgehead atoms. The van der Waals surface area contributed by atoms with Crippen molar-refractivity contribution in [1.29, 1.82) is 0 Å². The molecular formula is C16H24N2O2. The number of nitro benzene ring substituents is 1. The summed E-state index contributed by atoms with van der Waals surface area (Å²) < 4.78 is 0. The van der Waals surface area contributed by atoms with Crippen molar-refractivity contribution in [2.75, 3.05) is 19.6 Å². The molecule has 0 radical (unpaired) electrons. The first-order valence-corrected chi connectivity index (χ1v) is 7.32. The Hall–Kier alpha value is -1.42. The van der Waals surface area contributed by atoms with Gasteiger partial charge in [0.15, 0.2) is 0 Å². The summed E-state index contributed by atoms with van der Waals surface area (Å²) in [4.78, 5) is 12.9. The maximum Gasteiger partial charge on any atom is 0.269 e. The molecule has 1 fully saturated rings. The van der Waals surface area contributed by atoms with Gasteiger partial charge in [0.05, 0.1) is 4.92 Å². The Morgan fingerprint density at radius 3 is 2.20 bits per heavy atom. The number of rotatable bonds is 3. The minimum Gasteiger partial charge on any atom is -0.303 e. The SMILES string of the molecule is CC(C)(C)CN1CCC(c2ccc([N+](=O)[O-])cc2)CC1. The van der Waals surface area contributed by atoms with E-state index in [1.807, 2.05) is 12.1 Å². The second kappa shape index (κ2) is 5.92. The van der Waals surface area contributed by atoms with Crippen LogP contribution in [0.4, 0.5) is 5.69 Å². The number of nitro groups is 1. The number of nitrogens with zero attached hydrogens (tertiary/aromatic N) is 2. The quantitative estimate of drug-likeness (QED) is 0.623. The second-order valence-corrected chi connectivity index (χ2v) is 6.96. The molecule has 1 heterocycles. The molecule has 4 nitrogen and oxygen atoms in total. The fourth-order valence-corrected chi connectivity index (χ4v) is 2.96. The molecular weight excluding hydrogens is 252 g/mol. The van der Waals surface area contributed by atoms with Crippen molar-refractivity contribution in [3.05, 3.63) is 39.9 Å². The van der Waals surface area contributed by atoms with Crippen LogP contribution in [0.1, 0.15) is 45.1 Å². The van der Waals surface area contributed by atoms with Gasteiger partial charge in [0.25, 0.3) is 5.69 Å². The van der Waals surface area contributed by atoms with Gasteiger partial charge in [0.1, 0.15) is 0 Å². The van der Waals surface area contributed by atoms with E-state index in [4.69, 9.17) is 0 Å². The molecule has 110 valence electrons. The lowest BCUT2D eigenvalue weighted by Crippen LogP contribution is -2.38. The topological polar surface area (TPSA) is 46.4 Å². The van der Waals surface area contributed by atoms with Gasteiger partial charge in [-0.25, -0.2) is 0 Å². The van der Waals surface area contributed by atoms with E-state index in [-0.39, 0.29) is 10.6 Å². The van der Waals surface area contributed by atoms with E-state index in [0.29, 0.717) is 11.3 Å². The van der Waals surface area contributed by atoms with Gasteiger partial charge in [0.2, 0.25) is 0 Å². The van der Waals surface area contributed by atoms with Crippen LogP contribution in [-0.2, 0) is 0 Å². The third kappa shape index (κ3) is 4.04. The highest BCUT2D eigenvalue weighted by Gasteiger charge is 2.24. The van der Waals surface area contributed by atoms with Gasteiger partial charge >= 0.3 is 0 Å². The fraction of sp³-hybridized carbons (Fsp3) is 0.625. The average molecular weight is 276 g/mol. The first kappa shape index (κ1) is 15.0. The highest BCUT2D eigenvalue weighted by Crippen LogP contribution is 2.30. The number of non-ortho nitro benzene ring substituents is 1. The molecule has 0 aromatic heterocycles. The van der Waals surface area contributed by atoms with Crippen molar-refractivity contribution in [2.24, 2.45) is 5.41 Å². The lowest BCUT2D eigenvalue weighted by Gasteiger charge is -2.36. The molecule has 0 amide bonds. The summed E-state index contributed by atoms with van der Waals surface area (Å²) >= 11 is 0. The maximum atomic E-state index is 10.7. The Morgan fingerprint density at radius 1 is 1.20 bits per heavy atom. The van der Waals surface area contributed by atoms with Crippen LogP contribution in [0, 0.1) is 15.5 Å². The number of hydrogen-bond acceptors (Lipinski definition) is 3. The Labute approximate surface area is 120 Å². The lowest BCUT2D eigenvalue weighted by molar-refractivity contribution is -0.384. The Balaban J connectivity index is 1.92. The van der Waals surface area contributed by atoms with E-state index >= 15 is 0 Å². The van der Waals surface area contributed by atoms with Gasteiger partial charge in [-0.3, -0.25) is 10.1 Å². The molecule has 1 aromatic carbocycles. The summed E-state index contributed by atoms with van der Waals surface area (Å²) in [6, 6.07) is 7.08. The summed E-state index contributed by atoms with van der Waals surface area (Å²) in [6.45, 7) is 10.2. The monoisotopic (exact) mass is 276 g/mol. The normalized spacial score (nSPS) is 18.1. The number of benzene rings is 1. The molecule has 2 rings (SSSR count). The van der Waals surface area contributed by atoms with E-state index in [2.05, 4.69) is 25.7 Å². The molecule has 0 atom stereocenters. The van der Waals surface area contributed by atoms with Crippen LogP contribution in [0.5, 0.6) is 0 Å². The van der Waals surface area contributed by atoms with Crippen LogP contribution in [-0.4, -0.2) is 29.5 Å². The largest absolute Gasteiger partial charge is 0.303 e. The van der Waals surface area contributed by atoms with Gasteiger partial charge in [-0.05, 0) is 42.8 Å². The van der Waals surface area contributed by atoms with Gasteiger partial charge in [0, 0.05) is 18.7 Å². The summed E-state index contributed by atoms with van der Waals surface area (Å²) in [7, 11) is 0. The fourth-order valence-electron chi connectivity index (χ4n) is 2.96. The summed E-state index contributed by atoms with van der Waals surface area (Å²) in [5, 5.41) is 10.7. The minimum absolute atomic E-state index is 0.180. The zero-order valence-electron chi connectivity index (χ0n) is 12.6. The van der Waals surface area contributed by atoms with Gasteiger partial charge in [-0.1, -0.05) is 32.9 Å². The van der Waals surface area contributed by atoms with Crippen molar-refractivity contribution in [3.8, 4) is 0 Å². The second-order valence-electron chi connectivity index (χ2n) is 6.96. The summed E-state index contributed by atoms with van der Waals surface area (Å²) in [5.41, 5.74) is 1.77. The van der Waals surface area contributed by atoms with Crippen LogP contribution in [0.25, 0.3) is 0 Å². The highest BCUT2D eigenvalue weighted by molar-refractivity contribution is 5.34. The molecule has 0 unspecified atom stereocenters. The predicted octanol–water partition coefficient (Wildman–Crippen LogP) is 3.82. The average Bonchev–Trinajstić information content (AvgIpc) is 2.38. The third-order valence-corrected chi connectivity index (χ3v) is 3.86. The summed E-state index contributed by atoms with van der Waals surface area (Å²) in [6.07, 6.45) is 2.29. The van der Waals surface area contributed by atoms with Gasteiger partial charge < -0.3 is 4.90 Å². The number of piperidine rings is 1. The number of hydrogen-bond donors (Lipinski definition) is 0. The molecule has 0 spiro atoms. The highest BCUT2D eigenvalue weighted by atomic mass is 16.6. The van der Waals surface area contributed by atoms with Crippen LogP contribution >= 0.6 is 0 Å². The lowest BCUT2D eigenvalue weighted by atomic mass is 9.88. The van der Waals surface area contributed by atoms with Crippen LogP contribution in [0.2, 0.25) is 0 Å². The van der Waals surface area contributed by atoms with E-state index in [1.54, 1.807) is 12.1 Å². The summed E-state index contributed by atoms with van der Waals surface area (Å²) in [5.74, 6) is 0.548. The van der Waals surface area contributed by atoms with Crippen molar-refractivity contribution in [2.45, 2.75) is 39.5 Å². The molecule has 20 heavy (non-hydrogen) atoms. The zero-order valence-corrected chi connectivity index (χ0v) is 12.6. The molecule has 0 saturated carbocycles. The van der Waals surface area contributed by atoms with Crippen LogP contribution in [0.15, 0.2) is 24.3 Å². The predicted molar refractivity (Wildman–Crippen MR) is 81.0 cm³/mol. The molecule has 1 aromatic rings. The molecule has 1 aliphatic rings. The van der Waals surface area contributed by atoms with Crippen molar-refractivity contribution in [3.63, 3.8) is 0 Å². The smallest absolute Gasteiger partial charge is 0.269 e. The number of likely N-dealkylation sites (tertiary alicyclic amines) is 1. The third-order valence-electron chi connectivity index (χ3n) is 3.86. The van der Waals surface area contributed by atoms with Crippen molar-refractivity contribution < 1.29 is 4.92 Å². The van der Waals surface area contributed by atoms with Gasteiger partial charge in [-0.15, -0.1) is 0 Å². The van der Waals surface area contributed by atoms with E-state index < -0.39 is 0 Å². The minimum atomic E-state index is -0.338. The molecule has 0 aliphatic carbocycles. The Morgan fingerprint density at radius 2 is 1.75 bits per heavy atom. The van der Waals surface area contributed by atoms with Crippen LogP contribution in [0.3, 0.4) is 0 Å². The van der Waals surface area contributed by atoms with Crippen molar-refractivity contribution >= 4 is 5.69 Å². The Kier molecular flexibility index (Phi) is 4.43. The van der Waals surface area contributed by atoms with E-state index in [0.717, 1.165) is 32.5 Å². The molecule has 1 saturated heterocycles. The van der Waals surface area contributed by atoms with E-state index in [9.17, 15) is 10.1 Å². The zero-order chi connectivity index (χ0) is 14.8. The molecule has 4 heteroatoms. The first-order chi connectivity index (χ1) is 9.35. The Bertz CT molecular complexity index is 454. The van der Waals surface area contributed by atoms with Crippen LogP contribution < -0.4 is 0 Å².